The molecule has 1 unspecified atom stereocenters. The van der Waals surface area contributed by atoms with Crippen molar-refractivity contribution in [3.8, 4) is 0 Å². The van der Waals surface area contributed by atoms with Crippen molar-refractivity contribution < 1.29 is 0 Å². The van der Waals surface area contributed by atoms with Crippen molar-refractivity contribution in [1.82, 2.24) is 15.1 Å². The highest BCUT2D eigenvalue weighted by molar-refractivity contribution is 5.10. The summed E-state index contributed by atoms with van der Waals surface area (Å²) in [6.45, 7) is 2.19. The third-order valence-corrected chi connectivity index (χ3v) is 2.72. The van der Waals surface area contributed by atoms with E-state index in [1.165, 1.54) is 5.56 Å². The van der Waals surface area contributed by atoms with Crippen LogP contribution in [-0.4, -0.2) is 15.8 Å². The predicted octanol–water partition coefficient (Wildman–Crippen LogP) is 1.79. The molecule has 1 aliphatic carbocycles. The molecule has 76 valence electrons. The van der Waals surface area contributed by atoms with Gasteiger partial charge in [-0.25, -0.2) is 0 Å². The molecular formula is C11H17N3. The monoisotopic (exact) mass is 191 g/mol. The Bertz CT molecular complexity index is 319. The van der Waals surface area contributed by atoms with Crippen LogP contribution >= 0.6 is 0 Å². The fourth-order valence-electron chi connectivity index (χ4n) is 1.87. The summed E-state index contributed by atoms with van der Waals surface area (Å²) < 4.78 is 1.85. The van der Waals surface area contributed by atoms with Gasteiger partial charge in [0.25, 0.3) is 0 Å². The lowest BCUT2D eigenvalue weighted by molar-refractivity contribution is 0.471. The minimum absolute atomic E-state index is 0.397. The molecule has 3 nitrogen and oxygen atoms in total. The Balaban J connectivity index is 1.92. The van der Waals surface area contributed by atoms with Gasteiger partial charge in [0.15, 0.2) is 0 Å². The molecule has 2 rings (SSSR count). The van der Waals surface area contributed by atoms with Gasteiger partial charge in [-0.15, -0.1) is 0 Å². The summed E-state index contributed by atoms with van der Waals surface area (Å²) in [6, 6.07) is 1.01. The Morgan fingerprint density at radius 1 is 1.50 bits per heavy atom. The van der Waals surface area contributed by atoms with Crippen molar-refractivity contribution >= 4 is 0 Å². The molecule has 0 aromatic carbocycles. The third-order valence-electron chi connectivity index (χ3n) is 2.72. The highest BCUT2D eigenvalue weighted by atomic mass is 15.2. The minimum atomic E-state index is 0.397. The van der Waals surface area contributed by atoms with Crippen molar-refractivity contribution in [2.24, 2.45) is 7.05 Å². The lowest BCUT2D eigenvalue weighted by Gasteiger charge is -2.17. The number of hydrogen-bond acceptors (Lipinski definition) is 2. The fourth-order valence-corrected chi connectivity index (χ4v) is 1.87. The number of nitrogens with one attached hydrogen (secondary N) is 1. The van der Waals surface area contributed by atoms with E-state index >= 15 is 0 Å². The lowest BCUT2D eigenvalue weighted by Crippen LogP contribution is -2.28. The SMILES string of the molecule is CC(NC1CC=CC1)c1cnn(C)c1. The Morgan fingerprint density at radius 2 is 2.21 bits per heavy atom. The number of aromatic nitrogens is 2. The number of nitrogens with zero attached hydrogens (tertiary/aromatic N) is 2. The molecule has 0 saturated heterocycles. The molecule has 0 bridgehead atoms. The Hall–Kier alpha value is -1.09. The Labute approximate surface area is 84.8 Å². The second-order valence-electron chi connectivity index (χ2n) is 3.98. The van der Waals surface area contributed by atoms with Gasteiger partial charge in [-0.1, -0.05) is 12.2 Å². The van der Waals surface area contributed by atoms with E-state index in [2.05, 4.69) is 35.7 Å². The van der Waals surface area contributed by atoms with Gasteiger partial charge in [0.1, 0.15) is 0 Å². The molecule has 0 saturated carbocycles. The average molecular weight is 191 g/mol. The maximum atomic E-state index is 4.17. The average Bonchev–Trinajstić information content (AvgIpc) is 2.75. The summed E-state index contributed by atoms with van der Waals surface area (Å²) in [5.74, 6) is 0. The van der Waals surface area contributed by atoms with Crippen LogP contribution in [-0.2, 0) is 7.05 Å². The van der Waals surface area contributed by atoms with E-state index in [1.54, 1.807) is 0 Å². The molecule has 1 aromatic rings. The summed E-state index contributed by atoms with van der Waals surface area (Å²) in [7, 11) is 1.95. The third kappa shape index (κ3) is 2.04. The van der Waals surface area contributed by atoms with Crippen molar-refractivity contribution in [2.45, 2.75) is 31.8 Å². The highest BCUT2D eigenvalue weighted by Gasteiger charge is 2.14. The van der Waals surface area contributed by atoms with Crippen molar-refractivity contribution in [3.05, 3.63) is 30.1 Å². The number of hydrogen-bond donors (Lipinski definition) is 1. The zero-order valence-electron chi connectivity index (χ0n) is 8.77. The first-order valence-electron chi connectivity index (χ1n) is 5.15. The molecule has 1 aliphatic rings. The van der Waals surface area contributed by atoms with E-state index in [0.717, 1.165) is 12.8 Å². The van der Waals surface area contributed by atoms with Crippen LogP contribution in [0.4, 0.5) is 0 Å². The smallest absolute Gasteiger partial charge is 0.0537 e. The Morgan fingerprint density at radius 3 is 2.79 bits per heavy atom. The van der Waals surface area contributed by atoms with Gasteiger partial charge in [0, 0.05) is 30.9 Å². The molecule has 0 aliphatic heterocycles. The summed E-state index contributed by atoms with van der Waals surface area (Å²) in [6.07, 6.45) is 10.8. The van der Waals surface area contributed by atoms with Gasteiger partial charge in [0.05, 0.1) is 6.20 Å². The minimum Gasteiger partial charge on any atom is -0.307 e. The zero-order chi connectivity index (χ0) is 9.97. The zero-order valence-corrected chi connectivity index (χ0v) is 8.77. The number of aryl methyl sites for hydroxylation is 1. The molecule has 1 aromatic heterocycles. The van der Waals surface area contributed by atoms with E-state index in [1.807, 2.05) is 17.9 Å². The van der Waals surface area contributed by atoms with E-state index in [0.29, 0.717) is 12.1 Å². The van der Waals surface area contributed by atoms with E-state index in [-0.39, 0.29) is 0 Å². The van der Waals surface area contributed by atoms with Crippen molar-refractivity contribution in [1.29, 1.82) is 0 Å². The van der Waals surface area contributed by atoms with Gasteiger partial charge < -0.3 is 5.32 Å². The van der Waals surface area contributed by atoms with Crippen LogP contribution in [0.2, 0.25) is 0 Å². The molecule has 1 atom stereocenters. The largest absolute Gasteiger partial charge is 0.307 e. The molecule has 0 amide bonds. The van der Waals surface area contributed by atoms with E-state index < -0.39 is 0 Å². The normalized spacial score (nSPS) is 19.0. The van der Waals surface area contributed by atoms with Gasteiger partial charge in [-0.05, 0) is 19.8 Å². The molecule has 1 N–H and O–H groups in total. The fraction of sp³-hybridized carbons (Fsp3) is 0.545. The number of rotatable bonds is 3. The maximum absolute atomic E-state index is 4.17. The van der Waals surface area contributed by atoms with Crippen LogP contribution in [0.15, 0.2) is 24.5 Å². The van der Waals surface area contributed by atoms with Crippen LogP contribution in [0, 0.1) is 0 Å². The van der Waals surface area contributed by atoms with Crippen LogP contribution < -0.4 is 5.32 Å². The van der Waals surface area contributed by atoms with E-state index in [9.17, 15) is 0 Å². The standard InChI is InChI=1S/C11H17N3/c1-9(10-7-12-14(2)8-10)13-11-5-3-4-6-11/h3-4,7-9,11,13H,5-6H2,1-2H3. The van der Waals surface area contributed by atoms with Gasteiger partial charge >= 0.3 is 0 Å². The molecule has 3 heteroatoms. The quantitative estimate of drug-likeness (QED) is 0.738. The Kier molecular flexibility index (Phi) is 2.68. The summed E-state index contributed by atoms with van der Waals surface area (Å²) in [4.78, 5) is 0. The first-order valence-corrected chi connectivity index (χ1v) is 5.15. The first-order chi connectivity index (χ1) is 6.75. The second kappa shape index (κ2) is 3.96. The van der Waals surface area contributed by atoms with Gasteiger partial charge in [0.2, 0.25) is 0 Å². The van der Waals surface area contributed by atoms with E-state index in [4.69, 9.17) is 0 Å². The molecule has 1 heterocycles. The summed E-state index contributed by atoms with van der Waals surface area (Å²) >= 11 is 0. The first kappa shape index (κ1) is 9.46. The van der Waals surface area contributed by atoms with Crippen molar-refractivity contribution in [3.63, 3.8) is 0 Å². The molecule has 0 spiro atoms. The topological polar surface area (TPSA) is 29.9 Å². The lowest BCUT2D eigenvalue weighted by atomic mass is 10.1. The summed E-state index contributed by atoms with van der Waals surface area (Å²) in [5, 5.41) is 7.77. The predicted molar refractivity (Wildman–Crippen MR) is 56.9 cm³/mol. The molecule has 0 fully saturated rings. The maximum Gasteiger partial charge on any atom is 0.0537 e. The van der Waals surface area contributed by atoms with Gasteiger partial charge in [-0.3, -0.25) is 4.68 Å². The van der Waals surface area contributed by atoms with Crippen LogP contribution in [0.3, 0.4) is 0 Å². The van der Waals surface area contributed by atoms with Crippen LogP contribution in [0.5, 0.6) is 0 Å². The molecular weight excluding hydrogens is 174 g/mol. The van der Waals surface area contributed by atoms with Crippen LogP contribution in [0.1, 0.15) is 31.4 Å². The van der Waals surface area contributed by atoms with Crippen LogP contribution in [0.25, 0.3) is 0 Å². The molecule has 0 radical (unpaired) electrons. The second-order valence-corrected chi connectivity index (χ2v) is 3.98. The summed E-state index contributed by atoms with van der Waals surface area (Å²) in [5.41, 5.74) is 1.26. The van der Waals surface area contributed by atoms with Gasteiger partial charge in [-0.2, -0.15) is 5.10 Å². The highest BCUT2D eigenvalue weighted by Crippen LogP contribution is 2.16. The molecule has 14 heavy (non-hydrogen) atoms. The van der Waals surface area contributed by atoms with Crippen molar-refractivity contribution in [2.75, 3.05) is 0 Å².